The zero-order valence-electron chi connectivity index (χ0n) is 18.0. The van der Waals surface area contributed by atoms with Crippen LogP contribution in [0.25, 0.3) is 0 Å². The monoisotopic (exact) mass is 411 g/mol. The number of hydrazone groups is 1. The molecule has 0 aliphatic rings. The van der Waals surface area contributed by atoms with Crippen molar-refractivity contribution in [2.24, 2.45) is 5.10 Å². The Labute approximate surface area is 177 Å². The molecule has 7 heteroatoms. The summed E-state index contributed by atoms with van der Waals surface area (Å²) in [6.45, 7) is 6.68. The van der Waals surface area contributed by atoms with Crippen molar-refractivity contribution >= 4 is 23.7 Å². The third-order valence-electron chi connectivity index (χ3n) is 4.46. The summed E-state index contributed by atoms with van der Waals surface area (Å²) >= 11 is 0. The fraction of sp³-hybridized carbons (Fsp3) is 0.348. The lowest BCUT2D eigenvalue weighted by atomic mass is 10.1. The summed E-state index contributed by atoms with van der Waals surface area (Å²) in [5.41, 5.74) is 5.96. The van der Waals surface area contributed by atoms with E-state index in [0.717, 1.165) is 29.5 Å². The molecular weight excluding hydrogens is 382 g/mol. The first-order valence-electron chi connectivity index (χ1n) is 9.92. The van der Waals surface area contributed by atoms with Crippen LogP contribution in [0, 0.1) is 13.8 Å². The second-order valence-corrected chi connectivity index (χ2v) is 6.93. The van der Waals surface area contributed by atoms with Crippen LogP contribution < -0.4 is 20.2 Å². The van der Waals surface area contributed by atoms with Gasteiger partial charge in [0.25, 0.3) is 0 Å². The summed E-state index contributed by atoms with van der Waals surface area (Å²) in [5, 5.41) is 6.62. The lowest BCUT2D eigenvalue weighted by Crippen LogP contribution is -2.24. The number of carbonyl (C=O) groups excluding carboxylic acids is 2. The van der Waals surface area contributed by atoms with Crippen LogP contribution >= 0.6 is 0 Å². The van der Waals surface area contributed by atoms with Gasteiger partial charge in [-0.1, -0.05) is 19.4 Å². The minimum absolute atomic E-state index is 0.322. The van der Waals surface area contributed by atoms with Crippen molar-refractivity contribution in [2.75, 3.05) is 19.0 Å². The molecule has 0 heterocycles. The number of nitrogens with zero attached hydrogens (tertiary/aromatic N) is 1. The molecule has 0 spiro atoms. The average molecular weight is 412 g/mol. The van der Waals surface area contributed by atoms with E-state index in [1.54, 1.807) is 25.3 Å². The number of nitrogens with one attached hydrogen (secondary N) is 2. The predicted molar refractivity (Wildman–Crippen MR) is 118 cm³/mol. The van der Waals surface area contributed by atoms with Crippen LogP contribution in [0.2, 0.25) is 0 Å². The molecular formula is C23H29N3O4. The van der Waals surface area contributed by atoms with E-state index in [1.807, 2.05) is 32.0 Å². The Morgan fingerprint density at radius 1 is 1.03 bits per heavy atom. The molecule has 160 valence electrons. The molecule has 0 radical (unpaired) electrons. The number of benzene rings is 2. The van der Waals surface area contributed by atoms with Crippen molar-refractivity contribution in [3.8, 4) is 11.5 Å². The van der Waals surface area contributed by atoms with Crippen molar-refractivity contribution in [1.82, 2.24) is 5.43 Å². The average Bonchev–Trinajstić information content (AvgIpc) is 2.71. The molecule has 0 aliphatic carbocycles. The smallest absolute Gasteiger partial charge is 0.249 e. The molecule has 0 aliphatic heterocycles. The van der Waals surface area contributed by atoms with Gasteiger partial charge in [0.1, 0.15) is 6.42 Å². The summed E-state index contributed by atoms with van der Waals surface area (Å²) < 4.78 is 11.0. The zero-order valence-corrected chi connectivity index (χ0v) is 18.0. The summed E-state index contributed by atoms with van der Waals surface area (Å²) in [6, 6.07) is 11.0. The first kappa shape index (κ1) is 22.9. The first-order valence-corrected chi connectivity index (χ1v) is 9.92. The Morgan fingerprint density at radius 2 is 1.83 bits per heavy atom. The Bertz CT molecular complexity index is 909. The highest BCUT2D eigenvalue weighted by Crippen LogP contribution is 2.27. The van der Waals surface area contributed by atoms with Crippen LogP contribution in [0.4, 0.5) is 5.69 Å². The highest BCUT2D eigenvalue weighted by atomic mass is 16.5. The standard InChI is InChI=1S/C23H29N3O4/c1-5-6-11-30-20-10-8-18(13-21(20)29-4)15-24-26-23(28)14-22(27)25-19-9-7-16(2)17(3)12-19/h7-10,12-13,15H,5-6,11,14H2,1-4H3,(H,25,27)(H,26,28). The second-order valence-electron chi connectivity index (χ2n) is 6.93. The molecule has 0 aromatic heterocycles. The number of ether oxygens (including phenoxy) is 2. The van der Waals surface area contributed by atoms with E-state index < -0.39 is 11.8 Å². The van der Waals surface area contributed by atoms with Crippen molar-refractivity contribution in [2.45, 2.75) is 40.0 Å². The van der Waals surface area contributed by atoms with Crippen LogP contribution in [0.5, 0.6) is 11.5 Å². The van der Waals surface area contributed by atoms with E-state index in [-0.39, 0.29) is 6.42 Å². The number of hydrogen-bond acceptors (Lipinski definition) is 5. The quantitative estimate of drug-likeness (QED) is 0.268. The van der Waals surface area contributed by atoms with Crippen LogP contribution in [-0.4, -0.2) is 31.7 Å². The van der Waals surface area contributed by atoms with Gasteiger partial charge >= 0.3 is 0 Å². The van der Waals surface area contributed by atoms with Crippen LogP contribution in [-0.2, 0) is 9.59 Å². The molecule has 0 bridgehead atoms. The maximum Gasteiger partial charge on any atom is 0.249 e. The summed E-state index contributed by atoms with van der Waals surface area (Å²) in [4.78, 5) is 24.0. The second kappa shape index (κ2) is 11.6. The molecule has 2 N–H and O–H groups in total. The van der Waals surface area contributed by atoms with Crippen LogP contribution in [0.15, 0.2) is 41.5 Å². The molecule has 0 saturated heterocycles. The SMILES string of the molecule is CCCCOc1ccc(C=NNC(=O)CC(=O)Nc2ccc(C)c(C)c2)cc1OC. The topological polar surface area (TPSA) is 89.0 Å². The van der Waals surface area contributed by atoms with Crippen molar-refractivity contribution in [3.05, 3.63) is 53.1 Å². The molecule has 7 nitrogen and oxygen atoms in total. The predicted octanol–water partition coefficient (Wildman–Crippen LogP) is 3.97. The molecule has 0 unspecified atom stereocenters. The molecule has 2 aromatic rings. The van der Waals surface area contributed by atoms with Gasteiger partial charge in [-0.05, 0) is 67.3 Å². The number of aryl methyl sites for hydroxylation is 2. The Morgan fingerprint density at radius 3 is 2.53 bits per heavy atom. The van der Waals surface area contributed by atoms with Gasteiger partial charge in [-0.15, -0.1) is 0 Å². The van der Waals surface area contributed by atoms with E-state index >= 15 is 0 Å². The van der Waals surface area contributed by atoms with E-state index in [9.17, 15) is 9.59 Å². The number of amides is 2. The molecule has 0 fully saturated rings. The molecule has 2 aromatic carbocycles. The lowest BCUT2D eigenvalue weighted by Gasteiger charge is -2.10. The van der Waals surface area contributed by atoms with E-state index in [2.05, 4.69) is 22.8 Å². The van der Waals surface area contributed by atoms with Crippen LogP contribution in [0.1, 0.15) is 42.9 Å². The zero-order chi connectivity index (χ0) is 21.9. The Kier molecular flexibility index (Phi) is 8.87. The van der Waals surface area contributed by atoms with E-state index in [0.29, 0.717) is 23.8 Å². The maximum atomic E-state index is 12.0. The van der Waals surface area contributed by atoms with Crippen LogP contribution in [0.3, 0.4) is 0 Å². The number of anilines is 1. The number of hydrogen-bond donors (Lipinski definition) is 2. The minimum atomic E-state index is -0.501. The van der Waals surface area contributed by atoms with Gasteiger partial charge in [-0.3, -0.25) is 9.59 Å². The number of methoxy groups -OCH3 is 1. The van der Waals surface area contributed by atoms with Gasteiger partial charge in [0, 0.05) is 5.69 Å². The van der Waals surface area contributed by atoms with Gasteiger partial charge in [-0.2, -0.15) is 5.10 Å². The van der Waals surface area contributed by atoms with Gasteiger partial charge < -0.3 is 14.8 Å². The fourth-order valence-electron chi connectivity index (χ4n) is 2.60. The molecule has 30 heavy (non-hydrogen) atoms. The normalized spacial score (nSPS) is 10.7. The highest BCUT2D eigenvalue weighted by molar-refractivity contribution is 6.03. The Balaban J connectivity index is 1.85. The van der Waals surface area contributed by atoms with Gasteiger partial charge in [0.15, 0.2) is 11.5 Å². The number of carbonyl (C=O) groups is 2. The molecule has 2 rings (SSSR count). The van der Waals surface area contributed by atoms with Crippen molar-refractivity contribution < 1.29 is 19.1 Å². The van der Waals surface area contributed by atoms with Gasteiger partial charge in [0.05, 0.1) is 19.9 Å². The molecule has 2 amide bonds. The highest BCUT2D eigenvalue weighted by Gasteiger charge is 2.10. The lowest BCUT2D eigenvalue weighted by molar-refractivity contribution is -0.126. The Hall–Kier alpha value is -3.35. The summed E-state index contributed by atoms with van der Waals surface area (Å²) in [5.74, 6) is 0.351. The first-order chi connectivity index (χ1) is 14.4. The minimum Gasteiger partial charge on any atom is -0.493 e. The van der Waals surface area contributed by atoms with Gasteiger partial charge in [-0.25, -0.2) is 5.43 Å². The fourth-order valence-corrected chi connectivity index (χ4v) is 2.60. The number of unbranched alkanes of at least 4 members (excludes halogenated alkanes) is 1. The largest absolute Gasteiger partial charge is 0.493 e. The molecule has 0 atom stereocenters. The summed E-state index contributed by atoms with van der Waals surface area (Å²) in [6.07, 6.45) is 3.18. The van der Waals surface area contributed by atoms with Gasteiger partial charge in [0.2, 0.25) is 11.8 Å². The number of rotatable bonds is 10. The van der Waals surface area contributed by atoms with Crippen molar-refractivity contribution in [3.63, 3.8) is 0 Å². The van der Waals surface area contributed by atoms with E-state index in [1.165, 1.54) is 6.21 Å². The molecule has 0 saturated carbocycles. The third kappa shape index (κ3) is 7.24. The maximum absolute atomic E-state index is 12.0. The van der Waals surface area contributed by atoms with E-state index in [4.69, 9.17) is 9.47 Å². The third-order valence-corrected chi connectivity index (χ3v) is 4.46. The van der Waals surface area contributed by atoms with Crippen molar-refractivity contribution in [1.29, 1.82) is 0 Å². The summed E-state index contributed by atoms with van der Waals surface area (Å²) in [7, 11) is 1.57.